The Balaban J connectivity index is 1.45. The second-order valence-electron chi connectivity index (χ2n) is 7.00. The van der Waals surface area contributed by atoms with E-state index in [0.29, 0.717) is 39.3 Å². The van der Waals surface area contributed by atoms with Crippen molar-refractivity contribution in [2.45, 2.75) is 5.37 Å². The molecular formula is C22H15ClN2O6S. The van der Waals surface area contributed by atoms with Crippen LogP contribution < -0.4 is 19.1 Å². The summed E-state index contributed by atoms with van der Waals surface area (Å²) in [5, 5.41) is 11.8. The Morgan fingerprint density at radius 3 is 2.31 bits per heavy atom. The number of rotatable bonds is 5. The van der Waals surface area contributed by atoms with Crippen LogP contribution in [0.3, 0.4) is 0 Å². The van der Waals surface area contributed by atoms with E-state index in [0.717, 1.165) is 0 Å². The number of carbonyl (C=O) groups excluding carboxylic acids is 1. The van der Waals surface area contributed by atoms with Crippen LogP contribution in [0.2, 0.25) is 5.02 Å². The fourth-order valence-corrected chi connectivity index (χ4v) is 4.87. The SMILES string of the molecule is O=C1CSC(c2cc3c(cc2[N+](=O)[O-])OCO3)N1c1ccc(Oc2ccc(Cl)cc2)cc1. The monoisotopic (exact) mass is 470 g/mol. The van der Waals surface area contributed by atoms with Gasteiger partial charge in [-0.05, 0) is 54.6 Å². The highest BCUT2D eigenvalue weighted by Crippen LogP contribution is 2.48. The number of halogens is 1. The fraction of sp³-hybridized carbons (Fsp3) is 0.136. The van der Waals surface area contributed by atoms with Gasteiger partial charge >= 0.3 is 0 Å². The third-order valence-electron chi connectivity index (χ3n) is 5.02. The first-order valence-corrected chi connectivity index (χ1v) is 11.0. The summed E-state index contributed by atoms with van der Waals surface area (Å²) in [5.74, 6) is 2.03. The van der Waals surface area contributed by atoms with Crippen molar-refractivity contribution in [3.63, 3.8) is 0 Å². The lowest BCUT2D eigenvalue weighted by Gasteiger charge is -2.24. The number of nitro groups is 1. The van der Waals surface area contributed by atoms with Crippen molar-refractivity contribution in [3.05, 3.63) is 81.4 Å². The van der Waals surface area contributed by atoms with Gasteiger partial charge in [-0.2, -0.15) is 0 Å². The molecule has 8 nitrogen and oxygen atoms in total. The summed E-state index contributed by atoms with van der Waals surface area (Å²) in [4.78, 5) is 25.5. The molecule has 10 heteroatoms. The van der Waals surface area contributed by atoms with E-state index < -0.39 is 10.3 Å². The predicted octanol–water partition coefficient (Wildman–Crippen LogP) is 5.55. The highest BCUT2D eigenvalue weighted by Gasteiger charge is 2.39. The van der Waals surface area contributed by atoms with Crippen molar-refractivity contribution in [2.75, 3.05) is 17.4 Å². The molecule has 2 aliphatic heterocycles. The molecule has 0 saturated carbocycles. The van der Waals surface area contributed by atoms with Gasteiger partial charge in [-0.15, -0.1) is 11.8 Å². The third kappa shape index (κ3) is 3.80. The predicted molar refractivity (Wildman–Crippen MR) is 120 cm³/mol. The van der Waals surface area contributed by atoms with Crippen molar-refractivity contribution in [3.8, 4) is 23.0 Å². The standard InChI is InChI=1S/C22H15ClN2O6S/c23-13-1-5-15(6-2-13)31-16-7-3-14(4-8-16)24-21(26)11-32-22(24)17-9-19-20(30-12-29-19)10-18(17)25(27)28/h1-10,22H,11-12H2. The Bertz CT molecular complexity index is 1200. The normalized spacial score (nSPS) is 17.0. The van der Waals surface area contributed by atoms with E-state index in [-0.39, 0.29) is 24.1 Å². The van der Waals surface area contributed by atoms with Crippen LogP contribution in [0.5, 0.6) is 23.0 Å². The molecule has 2 aliphatic rings. The summed E-state index contributed by atoms with van der Waals surface area (Å²) >= 11 is 7.22. The minimum atomic E-state index is -0.569. The number of fused-ring (bicyclic) bond motifs is 1. The quantitative estimate of drug-likeness (QED) is 0.356. The summed E-state index contributed by atoms with van der Waals surface area (Å²) < 4.78 is 16.5. The minimum Gasteiger partial charge on any atom is -0.457 e. The summed E-state index contributed by atoms with van der Waals surface area (Å²) in [6, 6.07) is 16.9. The van der Waals surface area contributed by atoms with Crippen molar-refractivity contribution < 1.29 is 23.9 Å². The molecule has 2 heterocycles. The number of hydrogen-bond acceptors (Lipinski definition) is 7. The maximum absolute atomic E-state index is 12.7. The molecule has 3 aromatic carbocycles. The molecular weight excluding hydrogens is 456 g/mol. The first kappa shape index (κ1) is 20.5. The maximum Gasteiger partial charge on any atom is 0.279 e. The van der Waals surface area contributed by atoms with Gasteiger partial charge in [0.25, 0.3) is 5.69 Å². The molecule has 162 valence electrons. The molecule has 1 unspecified atom stereocenters. The van der Waals surface area contributed by atoms with Crippen LogP contribution in [-0.2, 0) is 4.79 Å². The molecule has 0 aromatic heterocycles. The second kappa shape index (κ2) is 8.25. The Hall–Kier alpha value is -3.43. The highest BCUT2D eigenvalue weighted by molar-refractivity contribution is 8.00. The Morgan fingerprint density at radius 2 is 1.66 bits per heavy atom. The second-order valence-corrected chi connectivity index (χ2v) is 8.50. The Labute approximate surface area is 191 Å². The van der Waals surface area contributed by atoms with Crippen LogP contribution >= 0.6 is 23.4 Å². The summed E-state index contributed by atoms with van der Waals surface area (Å²) in [7, 11) is 0. The molecule has 1 fully saturated rings. The number of thioether (sulfide) groups is 1. The van der Waals surface area contributed by atoms with E-state index in [9.17, 15) is 14.9 Å². The van der Waals surface area contributed by atoms with E-state index in [4.69, 9.17) is 25.8 Å². The first-order chi connectivity index (χ1) is 15.5. The smallest absolute Gasteiger partial charge is 0.279 e. The van der Waals surface area contributed by atoms with Gasteiger partial charge in [0.05, 0.1) is 22.3 Å². The molecule has 1 amide bonds. The Morgan fingerprint density at radius 1 is 1.03 bits per heavy atom. The molecule has 1 saturated heterocycles. The van der Waals surface area contributed by atoms with Gasteiger partial charge in [0.2, 0.25) is 12.7 Å². The first-order valence-electron chi connectivity index (χ1n) is 9.55. The van der Waals surface area contributed by atoms with E-state index in [1.165, 1.54) is 17.8 Å². The van der Waals surface area contributed by atoms with Crippen LogP contribution in [0.1, 0.15) is 10.9 Å². The zero-order valence-electron chi connectivity index (χ0n) is 16.4. The number of amides is 1. The number of nitro benzene ring substituents is 1. The van der Waals surface area contributed by atoms with Crippen molar-refractivity contribution in [2.24, 2.45) is 0 Å². The largest absolute Gasteiger partial charge is 0.457 e. The van der Waals surface area contributed by atoms with E-state index in [1.54, 1.807) is 59.5 Å². The van der Waals surface area contributed by atoms with E-state index in [2.05, 4.69) is 0 Å². The molecule has 32 heavy (non-hydrogen) atoms. The average Bonchev–Trinajstić information content (AvgIpc) is 3.41. The van der Waals surface area contributed by atoms with Crippen LogP contribution in [0.4, 0.5) is 11.4 Å². The fourth-order valence-electron chi connectivity index (χ4n) is 3.55. The van der Waals surface area contributed by atoms with Crippen molar-refractivity contribution >= 4 is 40.6 Å². The molecule has 3 aromatic rings. The molecule has 0 radical (unpaired) electrons. The number of hydrogen-bond donors (Lipinski definition) is 0. The highest BCUT2D eigenvalue weighted by atomic mass is 35.5. The Kier molecular flexibility index (Phi) is 5.28. The maximum atomic E-state index is 12.7. The van der Waals surface area contributed by atoms with Gasteiger partial charge in [-0.3, -0.25) is 19.8 Å². The zero-order valence-corrected chi connectivity index (χ0v) is 18.0. The van der Waals surface area contributed by atoms with Crippen LogP contribution in [0.25, 0.3) is 0 Å². The van der Waals surface area contributed by atoms with Gasteiger partial charge < -0.3 is 14.2 Å². The number of benzene rings is 3. The van der Waals surface area contributed by atoms with Gasteiger partial charge in [0, 0.05) is 10.7 Å². The summed E-state index contributed by atoms with van der Waals surface area (Å²) in [6.07, 6.45) is 0. The topological polar surface area (TPSA) is 91.1 Å². The van der Waals surface area contributed by atoms with Gasteiger partial charge in [-0.25, -0.2) is 0 Å². The third-order valence-corrected chi connectivity index (χ3v) is 6.46. The summed E-state index contributed by atoms with van der Waals surface area (Å²) in [5.41, 5.74) is 0.881. The average molecular weight is 471 g/mol. The molecule has 0 aliphatic carbocycles. The number of anilines is 1. The van der Waals surface area contributed by atoms with Crippen molar-refractivity contribution in [1.29, 1.82) is 0 Å². The van der Waals surface area contributed by atoms with Crippen LogP contribution in [0, 0.1) is 10.1 Å². The lowest BCUT2D eigenvalue weighted by Crippen LogP contribution is -2.28. The van der Waals surface area contributed by atoms with Crippen LogP contribution in [0.15, 0.2) is 60.7 Å². The number of carbonyl (C=O) groups is 1. The molecule has 0 bridgehead atoms. The van der Waals surface area contributed by atoms with Gasteiger partial charge in [0.15, 0.2) is 11.5 Å². The van der Waals surface area contributed by atoms with Crippen molar-refractivity contribution in [1.82, 2.24) is 0 Å². The molecule has 5 rings (SSSR count). The zero-order chi connectivity index (χ0) is 22.2. The lowest BCUT2D eigenvalue weighted by atomic mass is 10.1. The number of ether oxygens (including phenoxy) is 3. The van der Waals surface area contributed by atoms with Gasteiger partial charge in [0.1, 0.15) is 16.9 Å². The summed E-state index contributed by atoms with van der Waals surface area (Å²) in [6.45, 7) is 0.00543. The molecule has 0 spiro atoms. The number of nitrogens with zero attached hydrogens (tertiary/aromatic N) is 2. The lowest BCUT2D eigenvalue weighted by molar-refractivity contribution is -0.385. The molecule has 1 atom stereocenters. The van der Waals surface area contributed by atoms with E-state index in [1.807, 2.05) is 0 Å². The molecule has 0 N–H and O–H groups in total. The minimum absolute atomic E-state index is 0.00543. The van der Waals surface area contributed by atoms with Gasteiger partial charge in [-0.1, -0.05) is 11.6 Å². The van der Waals surface area contributed by atoms with E-state index >= 15 is 0 Å². The van der Waals surface area contributed by atoms with Crippen LogP contribution in [-0.4, -0.2) is 23.4 Å².